The van der Waals surface area contributed by atoms with E-state index in [1.54, 1.807) is 6.20 Å². The maximum atomic E-state index is 13.1. The lowest BCUT2D eigenvalue weighted by Gasteiger charge is -2.34. The van der Waals surface area contributed by atoms with Crippen molar-refractivity contribution in [2.24, 2.45) is 0 Å². The van der Waals surface area contributed by atoms with E-state index in [2.05, 4.69) is 21.7 Å². The van der Waals surface area contributed by atoms with Gasteiger partial charge in [-0.05, 0) is 54.8 Å². The highest BCUT2D eigenvalue weighted by Crippen LogP contribution is 2.48. The van der Waals surface area contributed by atoms with Crippen molar-refractivity contribution in [1.82, 2.24) is 15.6 Å². The van der Waals surface area contributed by atoms with Crippen LogP contribution in [0.5, 0.6) is 0 Å². The molecule has 3 aromatic rings. The molecule has 1 spiro atoms. The summed E-state index contributed by atoms with van der Waals surface area (Å²) in [5.74, 6) is -0.0799. The van der Waals surface area contributed by atoms with Crippen LogP contribution in [-0.4, -0.2) is 24.0 Å². The largest absolute Gasteiger partial charge is 0.352 e. The van der Waals surface area contributed by atoms with Crippen LogP contribution >= 0.6 is 0 Å². The lowest BCUT2D eigenvalue weighted by Crippen LogP contribution is -2.40. The number of aromatic nitrogens is 1. The van der Waals surface area contributed by atoms with Crippen LogP contribution in [0, 0.1) is 0 Å². The molecule has 3 heterocycles. The summed E-state index contributed by atoms with van der Waals surface area (Å²) in [6.07, 6.45) is 3.02. The molecule has 0 radical (unpaired) electrons. The minimum Gasteiger partial charge on any atom is -0.352 e. The Bertz CT molecular complexity index is 1020. The molecule has 2 aliphatic rings. The molecule has 5 nitrogen and oxygen atoms in total. The smallest absolute Gasteiger partial charge is 0.254 e. The van der Waals surface area contributed by atoms with Crippen LogP contribution in [0.2, 0.25) is 0 Å². The van der Waals surface area contributed by atoms with Crippen molar-refractivity contribution in [1.29, 1.82) is 0 Å². The summed E-state index contributed by atoms with van der Waals surface area (Å²) in [5.41, 5.74) is 3.83. The average Bonchev–Trinajstić information content (AvgIpc) is 3.07. The SMILES string of the molecule is O=C(NCc1ccnc2ccccc12)C1OC2(CCNCC2)c2ccccc21. The zero-order valence-electron chi connectivity index (χ0n) is 15.7. The Balaban J connectivity index is 1.38. The van der Waals surface area contributed by atoms with Gasteiger partial charge >= 0.3 is 0 Å². The molecular formula is C23H23N3O2. The van der Waals surface area contributed by atoms with Gasteiger partial charge in [-0.1, -0.05) is 42.5 Å². The number of nitrogens with one attached hydrogen (secondary N) is 2. The molecule has 0 bridgehead atoms. The third-order valence-corrected chi connectivity index (χ3v) is 5.92. The molecule has 1 saturated heterocycles. The lowest BCUT2D eigenvalue weighted by molar-refractivity contribution is -0.147. The van der Waals surface area contributed by atoms with Gasteiger partial charge in [0, 0.05) is 18.1 Å². The van der Waals surface area contributed by atoms with E-state index in [1.807, 2.05) is 48.5 Å². The van der Waals surface area contributed by atoms with E-state index >= 15 is 0 Å². The van der Waals surface area contributed by atoms with E-state index in [9.17, 15) is 4.79 Å². The fraction of sp³-hybridized carbons (Fsp3) is 0.304. The van der Waals surface area contributed by atoms with Crippen LogP contribution in [0.15, 0.2) is 60.8 Å². The summed E-state index contributed by atoms with van der Waals surface area (Å²) in [5, 5.41) is 7.54. The van der Waals surface area contributed by atoms with Crippen molar-refractivity contribution in [2.75, 3.05) is 13.1 Å². The van der Waals surface area contributed by atoms with E-state index in [0.717, 1.165) is 48.0 Å². The second-order valence-electron chi connectivity index (χ2n) is 7.53. The molecule has 1 unspecified atom stereocenters. The number of hydrogen-bond acceptors (Lipinski definition) is 4. The molecule has 0 saturated carbocycles. The minimum absolute atomic E-state index is 0.0799. The highest BCUT2D eigenvalue weighted by Gasteiger charge is 2.47. The van der Waals surface area contributed by atoms with Crippen LogP contribution in [0.25, 0.3) is 10.9 Å². The third-order valence-electron chi connectivity index (χ3n) is 5.92. The molecule has 142 valence electrons. The fourth-order valence-electron chi connectivity index (χ4n) is 4.49. The highest BCUT2D eigenvalue weighted by molar-refractivity contribution is 5.85. The van der Waals surface area contributed by atoms with Crippen molar-refractivity contribution < 1.29 is 9.53 Å². The summed E-state index contributed by atoms with van der Waals surface area (Å²) in [4.78, 5) is 17.5. The van der Waals surface area contributed by atoms with Crippen molar-refractivity contribution >= 4 is 16.8 Å². The number of carbonyl (C=O) groups is 1. The fourth-order valence-corrected chi connectivity index (χ4v) is 4.49. The van der Waals surface area contributed by atoms with E-state index in [1.165, 1.54) is 5.56 Å². The van der Waals surface area contributed by atoms with E-state index < -0.39 is 6.10 Å². The van der Waals surface area contributed by atoms with Gasteiger partial charge in [0.2, 0.25) is 0 Å². The molecule has 2 N–H and O–H groups in total. The van der Waals surface area contributed by atoms with Crippen molar-refractivity contribution in [3.63, 3.8) is 0 Å². The van der Waals surface area contributed by atoms with Crippen LogP contribution in [0.3, 0.4) is 0 Å². The highest BCUT2D eigenvalue weighted by atomic mass is 16.5. The number of carbonyl (C=O) groups excluding carboxylic acids is 1. The standard InChI is InChI=1S/C23H23N3O2/c27-22(26-15-16-9-12-25-20-8-4-2-5-17(16)20)21-18-6-1-3-7-19(18)23(28-21)10-13-24-14-11-23/h1-9,12,21,24H,10-11,13-15H2,(H,26,27). The summed E-state index contributed by atoms with van der Waals surface area (Å²) >= 11 is 0. The van der Waals surface area contributed by atoms with Gasteiger partial charge in [0.1, 0.15) is 0 Å². The maximum absolute atomic E-state index is 13.1. The third kappa shape index (κ3) is 2.87. The quantitative estimate of drug-likeness (QED) is 0.740. The number of fused-ring (bicyclic) bond motifs is 3. The molecule has 1 amide bonds. The van der Waals surface area contributed by atoms with Gasteiger partial charge in [0.25, 0.3) is 5.91 Å². The van der Waals surface area contributed by atoms with Gasteiger partial charge in [-0.2, -0.15) is 0 Å². The summed E-state index contributed by atoms with van der Waals surface area (Å²) in [7, 11) is 0. The number of ether oxygens (including phenoxy) is 1. The number of rotatable bonds is 3. The molecule has 2 aromatic carbocycles. The van der Waals surface area contributed by atoms with Gasteiger partial charge in [-0.15, -0.1) is 0 Å². The average molecular weight is 373 g/mol. The van der Waals surface area contributed by atoms with Gasteiger partial charge in [-0.3, -0.25) is 9.78 Å². The van der Waals surface area contributed by atoms with Gasteiger partial charge in [0.05, 0.1) is 11.1 Å². The first kappa shape index (κ1) is 17.3. The first-order chi connectivity index (χ1) is 13.8. The van der Waals surface area contributed by atoms with Crippen molar-refractivity contribution in [3.8, 4) is 0 Å². The number of pyridine rings is 1. The molecule has 5 heteroatoms. The Kier molecular flexibility index (Phi) is 4.34. The van der Waals surface area contributed by atoms with Crippen LogP contribution in [-0.2, 0) is 21.7 Å². The number of amides is 1. The zero-order chi connectivity index (χ0) is 19.0. The Labute approximate surface area is 164 Å². The molecule has 5 rings (SSSR count). The van der Waals surface area contributed by atoms with E-state index in [-0.39, 0.29) is 11.5 Å². The van der Waals surface area contributed by atoms with Gasteiger partial charge in [-0.25, -0.2) is 0 Å². The Hall–Kier alpha value is -2.76. The number of para-hydroxylation sites is 1. The number of benzene rings is 2. The second kappa shape index (κ2) is 7.00. The molecule has 0 aliphatic carbocycles. The maximum Gasteiger partial charge on any atom is 0.254 e. The predicted octanol–water partition coefficient (Wildman–Crippen LogP) is 3.20. The topological polar surface area (TPSA) is 63.2 Å². The molecule has 28 heavy (non-hydrogen) atoms. The van der Waals surface area contributed by atoms with Crippen LogP contribution in [0.1, 0.15) is 35.6 Å². The Morgan fingerprint density at radius 1 is 1.11 bits per heavy atom. The van der Waals surface area contributed by atoms with Gasteiger partial charge in [0.15, 0.2) is 6.10 Å². The van der Waals surface area contributed by atoms with Crippen molar-refractivity contribution in [3.05, 3.63) is 77.5 Å². The monoisotopic (exact) mass is 373 g/mol. The first-order valence-corrected chi connectivity index (χ1v) is 9.85. The number of piperidine rings is 1. The zero-order valence-corrected chi connectivity index (χ0v) is 15.7. The van der Waals surface area contributed by atoms with Crippen LogP contribution in [0.4, 0.5) is 0 Å². The lowest BCUT2D eigenvalue weighted by atomic mass is 9.84. The second-order valence-corrected chi connectivity index (χ2v) is 7.53. The minimum atomic E-state index is -0.553. The summed E-state index contributed by atoms with van der Waals surface area (Å²) < 4.78 is 6.43. The Morgan fingerprint density at radius 3 is 2.79 bits per heavy atom. The molecular weight excluding hydrogens is 350 g/mol. The molecule has 2 aliphatic heterocycles. The number of nitrogens with zero attached hydrogens (tertiary/aromatic N) is 1. The van der Waals surface area contributed by atoms with Gasteiger partial charge < -0.3 is 15.4 Å². The molecule has 1 atom stereocenters. The predicted molar refractivity (Wildman–Crippen MR) is 108 cm³/mol. The van der Waals surface area contributed by atoms with E-state index in [4.69, 9.17) is 4.74 Å². The number of hydrogen-bond donors (Lipinski definition) is 2. The summed E-state index contributed by atoms with van der Waals surface area (Å²) in [6, 6.07) is 18.1. The van der Waals surface area contributed by atoms with Crippen LogP contribution < -0.4 is 10.6 Å². The molecule has 1 fully saturated rings. The van der Waals surface area contributed by atoms with Crippen molar-refractivity contribution in [2.45, 2.75) is 31.1 Å². The van der Waals surface area contributed by atoms with E-state index in [0.29, 0.717) is 6.54 Å². The molecule has 1 aromatic heterocycles. The summed E-state index contributed by atoms with van der Waals surface area (Å²) in [6.45, 7) is 2.27. The first-order valence-electron chi connectivity index (χ1n) is 9.85. The Morgan fingerprint density at radius 2 is 1.89 bits per heavy atom. The normalized spacial score (nSPS) is 20.2.